The highest BCUT2D eigenvalue weighted by molar-refractivity contribution is 6.40. The quantitative estimate of drug-likeness (QED) is 0.854. The molecule has 1 aromatic heterocycles. The van der Waals surface area contributed by atoms with Crippen LogP contribution in [-0.4, -0.2) is 35.9 Å². The predicted octanol–water partition coefficient (Wildman–Crippen LogP) is 3.75. The molecule has 2 aromatic rings. The van der Waals surface area contributed by atoms with E-state index in [1.165, 1.54) is 0 Å². The van der Waals surface area contributed by atoms with Gasteiger partial charge in [0, 0.05) is 12.0 Å². The van der Waals surface area contributed by atoms with Crippen LogP contribution in [0.3, 0.4) is 0 Å². The molecule has 23 heavy (non-hydrogen) atoms. The molecule has 2 N–H and O–H groups in total. The fourth-order valence-corrected chi connectivity index (χ4v) is 3.65. The van der Waals surface area contributed by atoms with Crippen LogP contribution < -0.4 is 0 Å². The molecule has 0 bridgehead atoms. The van der Waals surface area contributed by atoms with E-state index in [4.69, 9.17) is 32.7 Å². The Morgan fingerprint density at radius 2 is 2.17 bits per heavy atom. The molecule has 1 aromatic carbocycles. The minimum Gasteiger partial charge on any atom is -0.481 e. The van der Waals surface area contributed by atoms with E-state index >= 15 is 0 Å². The maximum atomic E-state index is 11.4. The predicted molar refractivity (Wildman–Crippen MR) is 88.4 cm³/mol. The second-order valence-electron chi connectivity index (χ2n) is 5.56. The van der Waals surface area contributed by atoms with Gasteiger partial charge in [-0.05, 0) is 31.0 Å². The maximum Gasteiger partial charge on any atom is 0.306 e. The monoisotopic (exact) mass is 357 g/mol. The van der Waals surface area contributed by atoms with Gasteiger partial charge in [0.15, 0.2) is 0 Å². The molecule has 0 saturated heterocycles. The van der Waals surface area contributed by atoms with Gasteiger partial charge in [-0.3, -0.25) is 4.79 Å². The Morgan fingerprint density at radius 3 is 2.87 bits per heavy atom. The number of benzene rings is 1. The number of rotatable bonds is 5. The van der Waals surface area contributed by atoms with Crippen LogP contribution in [0.15, 0.2) is 12.1 Å². The largest absolute Gasteiger partial charge is 0.481 e. The van der Waals surface area contributed by atoms with Crippen molar-refractivity contribution in [3.05, 3.63) is 33.4 Å². The first-order chi connectivity index (χ1) is 11.0. The Kier molecular flexibility index (Phi) is 4.56. The number of fused-ring (bicyclic) bond motifs is 3. The number of H-pyrrole nitrogens is 1. The molecule has 0 aliphatic carbocycles. The van der Waals surface area contributed by atoms with Gasteiger partial charge in [-0.2, -0.15) is 0 Å². The van der Waals surface area contributed by atoms with Gasteiger partial charge < -0.3 is 19.6 Å². The normalized spacial score (nSPS) is 20.7. The highest BCUT2D eigenvalue weighted by Crippen LogP contribution is 2.43. The van der Waals surface area contributed by atoms with Crippen LogP contribution in [-0.2, 0) is 26.3 Å². The van der Waals surface area contributed by atoms with Crippen molar-refractivity contribution in [3.63, 3.8) is 0 Å². The summed E-state index contributed by atoms with van der Waals surface area (Å²) in [6.45, 7) is 2.90. The summed E-state index contributed by atoms with van der Waals surface area (Å²) in [7, 11) is 0. The molecule has 0 radical (unpaired) electrons. The number of ether oxygens (including phenoxy) is 2. The van der Waals surface area contributed by atoms with Crippen LogP contribution >= 0.6 is 23.2 Å². The molecule has 2 heterocycles. The minimum absolute atomic E-state index is 0.158. The highest BCUT2D eigenvalue weighted by Gasteiger charge is 2.43. The maximum absolute atomic E-state index is 11.4. The SMILES string of the molecule is CCOCC1(CC(=O)O)OCCc2c1[nH]c1c(Cl)ccc(Cl)c21. The molecule has 0 saturated carbocycles. The molecule has 3 rings (SSSR count). The Balaban J connectivity index is 2.22. The van der Waals surface area contributed by atoms with Crippen LogP contribution in [0.5, 0.6) is 0 Å². The molecule has 0 amide bonds. The summed E-state index contributed by atoms with van der Waals surface area (Å²) in [5.74, 6) is -0.951. The lowest BCUT2D eigenvalue weighted by molar-refractivity contribution is -0.156. The average molecular weight is 358 g/mol. The Hall–Kier alpha value is -1.27. The Labute approximate surface area is 143 Å². The van der Waals surface area contributed by atoms with E-state index in [0.717, 1.165) is 10.9 Å². The highest BCUT2D eigenvalue weighted by atomic mass is 35.5. The summed E-state index contributed by atoms with van der Waals surface area (Å²) in [5.41, 5.74) is 1.31. The van der Waals surface area contributed by atoms with Gasteiger partial charge in [0.25, 0.3) is 0 Å². The van der Waals surface area contributed by atoms with Crippen molar-refractivity contribution >= 4 is 40.1 Å². The van der Waals surface area contributed by atoms with Crippen molar-refractivity contribution in [2.24, 2.45) is 0 Å². The van der Waals surface area contributed by atoms with Gasteiger partial charge in [-0.1, -0.05) is 23.2 Å². The molecule has 124 valence electrons. The molecule has 0 fully saturated rings. The van der Waals surface area contributed by atoms with Gasteiger partial charge >= 0.3 is 5.97 Å². The fraction of sp³-hybridized carbons (Fsp3) is 0.438. The molecular weight excluding hydrogens is 341 g/mol. The third-order valence-electron chi connectivity index (χ3n) is 4.12. The number of aromatic nitrogens is 1. The standard InChI is InChI=1S/C16H17Cl2NO4/c1-2-22-8-16(7-12(20)21)15-9(5-6-23-16)13-10(17)3-4-11(18)14(13)19-15/h3-4,19H,2,5-8H2,1H3,(H,20,21). The van der Waals surface area contributed by atoms with Crippen molar-refractivity contribution in [1.82, 2.24) is 4.98 Å². The summed E-state index contributed by atoms with van der Waals surface area (Å²) in [6, 6.07) is 3.47. The zero-order valence-electron chi connectivity index (χ0n) is 12.6. The lowest BCUT2D eigenvalue weighted by Gasteiger charge is -2.36. The van der Waals surface area contributed by atoms with Crippen molar-refractivity contribution in [2.75, 3.05) is 19.8 Å². The van der Waals surface area contributed by atoms with Crippen molar-refractivity contribution in [2.45, 2.75) is 25.4 Å². The van der Waals surface area contributed by atoms with Crippen LogP contribution in [0.25, 0.3) is 10.9 Å². The molecule has 1 aliphatic heterocycles. The molecule has 5 nitrogen and oxygen atoms in total. The van der Waals surface area contributed by atoms with Crippen LogP contribution in [0, 0.1) is 0 Å². The van der Waals surface area contributed by atoms with E-state index in [9.17, 15) is 9.90 Å². The van der Waals surface area contributed by atoms with E-state index in [1.807, 2.05) is 6.92 Å². The lowest BCUT2D eigenvalue weighted by atomic mass is 9.89. The first-order valence-electron chi connectivity index (χ1n) is 7.41. The van der Waals surface area contributed by atoms with Gasteiger partial charge in [-0.15, -0.1) is 0 Å². The van der Waals surface area contributed by atoms with Crippen molar-refractivity contribution in [3.8, 4) is 0 Å². The summed E-state index contributed by atoms with van der Waals surface area (Å²) < 4.78 is 11.4. The molecule has 0 spiro atoms. The number of aromatic amines is 1. The van der Waals surface area contributed by atoms with E-state index in [-0.39, 0.29) is 13.0 Å². The number of carboxylic acids is 1. The minimum atomic E-state index is -1.05. The summed E-state index contributed by atoms with van der Waals surface area (Å²) in [6.07, 6.45) is 0.449. The Bertz CT molecular complexity index is 758. The third-order valence-corrected chi connectivity index (χ3v) is 4.75. The van der Waals surface area contributed by atoms with E-state index in [0.29, 0.717) is 40.9 Å². The van der Waals surface area contributed by atoms with Crippen molar-refractivity contribution < 1.29 is 19.4 Å². The number of hydrogen-bond acceptors (Lipinski definition) is 3. The smallest absolute Gasteiger partial charge is 0.306 e. The third kappa shape index (κ3) is 2.83. The first-order valence-corrected chi connectivity index (χ1v) is 8.16. The van der Waals surface area contributed by atoms with Gasteiger partial charge in [0.2, 0.25) is 0 Å². The van der Waals surface area contributed by atoms with Crippen LogP contribution in [0.2, 0.25) is 10.0 Å². The zero-order valence-corrected chi connectivity index (χ0v) is 14.1. The summed E-state index contributed by atoms with van der Waals surface area (Å²) in [5, 5.41) is 11.3. The summed E-state index contributed by atoms with van der Waals surface area (Å²) in [4.78, 5) is 14.6. The van der Waals surface area contributed by atoms with Gasteiger partial charge in [0.1, 0.15) is 5.60 Å². The average Bonchev–Trinajstić information content (AvgIpc) is 2.91. The second-order valence-corrected chi connectivity index (χ2v) is 6.37. The zero-order chi connectivity index (χ0) is 16.6. The lowest BCUT2D eigenvalue weighted by Crippen LogP contribution is -2.42. The number of carbonyl (C=O) groups is 1. The molecule has 1 unspecified atom stereocenters. The van der Waals surface area contributed by atoms with Crippen LogP contribution in [0.1, 0.15) is 24.6 Å². The van der Waals surface area contributed by atoms with E-state index < -0.39 is 11.6 Å². The number of carboxylic acid groups (broad SMARTS) is 1. The van der Waals surface area contributed by atoms with E-state index in [1.54, 1.807) is 12.1 Å². The number of halogens is 2. The fourth-order valence-electron chi connectivity index (χ4n) is 3.17. The van der Waals surface area contributed by atoms with E-state index in [2.05, 4.69) is 4.98 Å². The summed E-state index contributed by atoms with van der Waals surface area (Å²) >= 11 is 12.6. The molecule has 1 aliphatic rings. The molecular formula is C16H17Cl2NO4. The number of aliphatic carboxylic acids is 1. The first kappa shape index (κ1) is 16.6. The van der Waals surface area contributed by atoms with Crippen molar-refractivity contribution in [1.29, 1.82) is 0 Å². The Morgan fingerprint density at radius 1 is 1.43 bits per heavy atom. The molecule has 7 heteroatoms. The number of hydrogen-bond donors (Lipinski definition) is 2. The topological polar surface area (TPSA) is 71.6 Å². The number of nitrogens with one attached hydrogen (secondary N) is 1. The molecule has 1 atom stereocenters. The van der Waals surface area contributed by atoms with Crippen LogP contribution in [0.4, 0.5) is 0 Å². The van der Waals surface area contributed by atoms with Gasteiger partial charge in [0.05, 0.1) is 40.9 Å². The second kappa shape index (κ2) is 6.32. The van der Waals surface area contributed by atoms with Gasteiger partial charge in [-0.25, -0.2) is 0 Å².